The Bertz CT molecular complexity index is 1220. The third kappa shape index (κ3) is 32.4. The standard InChI is InChI=1S/C54H102N2O7/c1-6-11-15-18-21-27-35-46-61-54(60)63-47(10-5)37-31-28-34-44-56(45-36-42-55-51-49(40-14-9-4)52(58)53(51)59)43-33-26-22-25-32-41-50(57)62-48(38-29-23-19-16-12-7-2)39-30-24-20-17-13-8-3/h47-48,50,55,57H,6-46H2,1-5H3. The van der Waals surface area contributed by atoms with Crippen molar-refractivity contribution in [2.45, 2.75) is 284 Å². The van der Waals surface area contributed by atoms with Crippen molar-refractivity contribution in [1.29, 1.82) is 0 Å². The highest BCUT2D eigenvalue weighted by molar-refractivity contribution is 5.60. The van der Waals surface area contributed by atoms with Gasteiger partial charge in [-0.1, -0.05) is 182 Å². The Morgan fingerprint density at radius 2 is 0.968 bits per heavy atom. The second-order valence-corrected chi connectivity index (χ2v) is 18.8. The van der Waals surface area contributed by atoms with Crippen LogP contribution in [0.4, 0.5) is 10.5 Å². The summed E-state index contributed by atoms with van der Waals surface area (Å²) in [6.07, 6.45) is 39.5. The number of hydrogen-bond acceptors (Lipinski definition) is 9. The maximum absolute atomic E-state index is 12.3. The summed E-state index contributed by atoms with van der Waals surface area (Å²) in [6, 6.07) is 0. The fraction of sp³-hybridized carbons (Fsp3) is 0.907. The van der Waals surface area contributed by atoms with Gasteiger partial charge in [0.2, 0.25) is 10.9 Å². The minimum absolute atomic E-state index is 0.101. The normalized spacial score (nSPS) is 12.8. The summed E-state index contributed by atoms with van der Waals surface area (Å²) in [5, 5.41) is 14.2. The molecule has 1 aromatic rings. The fourth-order valence-electron chi connectivity index (χ4n) is 8.74. The van der Waals surface area contributed by atoms with E-state index in [1.807, 2.05) is 0 Å². The molecular formula is C54H102N2O7. The molecule has 9 nitrogen and oxygen atoms in total. The van der Waals surface area contributed by atoms with Gasteiger partial charge >= 0.3 is 6.16 Å². The van der Waals surface area contributed by atoms with Crippen LogP contribution in [0.15, 0.2) is 9.59 Å². The predicted octanol–water partition coefficient (Wildman–Crippen LogP) is 14.5. The van der Waals surface area contributed by atoms with E-state index in [1.165, 1.54) is 116 Å². The number of nitrogens with zero attached hydrogens (tertiary/aromatic N) is 1. The Morgan fingerprint density at radius 3 is 1.51 bits per heavy atom. The van der Waals surface area contributed by atoms with E-state index < -0.39 is 12.4 Å². The van der Waals surface area contributed by atoms with Gasteiger partial charge < -0.3 is 29.5 Å². The first-order valence-corrected chi connectivity index (χ1v) is 27.3. The minimum atomic E-state index is -0.654. The lowest BCUT2D eigenvalue weighted by Gasteiger charge is -2.23. The number of anilines is 1. The highest BCUT2D eigenvalue weighted by atomic mass is 16.7. The van der Waals surface area contributed by atoms with Gasteiger partial charge in [0, 0.05) is 12.1 Å². The molecule has 0 bridgehead atoms. The van der Waals surface area contributed by atoms with Crippen molar-refractivity contribution < 1.29 is 24.1 Å². The maximum atomic E-state index is 12.3. The number of ether oxygens (including phenoxy) is 3. The molecule has 0 aliphatic heterocycles. The second kappa shape index (κ2) is 42.7. The number of carbonyl (C=O) groups excluding carboxylic acids is 1. The predicted molar refractivity (Wildman–Crippen MR) is 267 cm³/mol. The lowest BCUT2D eigenvalue weighted by molar-refractivity contribution is -0.144. The highest BCUT2D eigenvalue weighted by Crippen LogP contribution is 2.20. The van der Waals surface area contributed by atoms with Crippen LogP contribution < -0.4 is 16.2 Å². The average molecular weight is 891 g/mol. The molecule has 0 spiro atoms. The molecule has 0 aromatic heterocycles. The number of hydrogen-bond donors (Lipinski definition) is 2. The summed E-state index contributed by atoms with van der Waals surface area (Å²) < 4.78 is 17.3. The monoisotopic (exact) mass is 891 g/mol. The van der Waals surface area contributed by atoms with Crippen molar-refractivity contribution in [3.05, 3.63) is 26.0 Å². The van der Waals surface area contributed by atoms with E-state index in [-0.39, 0.29) is 23.1 Å². The minimum Gasteiger partial charge on any atom is -0.434 e. The summed E-state index contributed by atoms with van der Waals surface area (Å²) in [7, 11) is 0. The Kier molecular flexibility index (Phi) is 40.0. The quantitative estimate of drug-likeness (QED) is 0.0286. The van der Waals surface area contributed by atoms with Crippen LogP contribution in [0.25, 0.3) is 0 Å². The zero-order valence-electron chi connectivity index (χ0n) is 42.1. The van der Waals surface area contributed by atoms with E-state index in [0.717, 1.165) is 129 Å². The fourth-order valence-corrected chi connectivity index (χ4v) is 8.74. The van der Waals surface area contributed by atoms with Crippen LogP contribution in [0.1, 0.15) is 265 Å². The third-order valence-corrected chi connectivity index (χ3v) is 13.0. The molecule has 2 atom stereocenters. The van der Waals surface area contributed by atoms with Crippen LogP contribution in [0.3, 0.4) is 0 Å². The number of aliphatic hydroxyl groups is 1. The molecular weight excluding hydrogens is 789 g/mol. The highest BCUT2D eigenvalue weighted by Gasteiger charge is 2.20. The maximum Gasteiger partial charge on any atom is 0.508 e. The van der Waals surface area contributed by atoms with E-state index >= 15 is 0 Å². The number of carbonyl (C=O) groups is 1. The van der Waals surface area contributed by atoms with Crippen LogP contribution in [0, 0.1) is 0 Å². The summed E-state index contributed by atoms with van der Waals surface area (Å²) in [5.41, 5.74) is 0.585. The molecule has 0 aliphatic rings. The zero-order chi connectivity index (χ0) is 46.0. The zero-order valence-corrected chi connectivity index (χ0v) is 42.1. The third-order valence-electron chi connectivity index (χ3n) is 13.0. The Hall–Kier alpha value is -1.97. The van der Waals surface area contributed by atoms with Crippen LogP contribution in [0.2, 0.25) is 0 Å². The number of nitrogens with one attached hydrogen (secondary N) is 1. The van der Waals surface area contributed by atoms with E-state index in [0.29, 0.717) is 30.8 Å². The van der Waals surface area contributed by atoms with Crippen molar-refractivity contribution in [2.75, 3.05) is 38.1 Å². The molecule has 9 heteroatoms. The van der Waals surface area contributed by atoms with Gasteiger partial charge in [-0.05, 0) is 103 Å². The first-order chi connectivity index (χ1) is 30.8. The van der Waals surface area contributed by atoms with E-state index in [4.69, 9.17) is 14.2 Å². The van der Waals surface area contributed by atoms with Crippen LogP contribution in [-0.2, 0) is 20.6 Å². The number of aliphatic hydroxyl groups excluding tert-OH is 1. The van der Waals surface area contributed by atoms with Gasteiger partial charge in [-0.15, -0.1) is 0 Å². The topological polar surface area (TPSA) is 114 Å². The van der Waals surface area contributed by atoms with Gasteiger partial charge in [0.1, 0.15) is 6.10 Å². The van der Waals surface area contributed by atoms with Crippen molar-refractivity contribution in [1.82, 2.24) is 4.90 Å². The number of rotatable bonds is 48. The molecule has 1 aromatic carbocycles. The molecule has 0 radical (unpaired) electrons. The van der Waals surface area contributed by atoms with Gasteiger partial charge in [0.15, 0.2) is 6.29 Å². The Balaban J connectivity index is 2.49. The second-order valence-electron chi connectivity index (χ2n) is 18.8. The Morgan fingerprint density at radius 1 is 0.524 bits per heavy atom. The molecule has 2 unspecified atom stereocenters. The van der Waals surface area contributed by atoms with Crippen LogP contribution >= 0.6 is 0 Å². The molecule has 0 heterocycles. The van der Waals surface area contributed by atoms with Gasteiger partial charge in [-0.2, -0.15) is 0 Å². The molecule has 0 saturated heterocycles. The molecule has 2 N–H and O–H groups in total. The van der Waals surface area contributed by atoms with E-state index in [2.05, 4.69) is 44.8 Å². The average Bonchev–Trinajstić information content (AvgIpc) is 3.28. The van der Waals surface area contributed by atoms with Crippen molar-refractivity contribution in [3.8, 4) is 0 Å². The molecule has 0 amide bonds. The van der Waals surface area contributed by atoms with E-state index in [1.54, 1.807) is 0 Å². The van der Waals surface area contributed by atoms with Crippen LogP contribution in [-0.4, -0.2) is 67.4 Å². The van der Waals surface area contributed by atoms with Gasteiger partial charge in [-0.3, -0.25) is 9.59 Å². The molecule has 370 valence electrons. The molecule has 0 fully saturated rings. The summed E-state index contributed by atoms with van der Waals surface area (Å²) >= 11 is 0. The molecule has 0 aliphatic carbocycles. The molecule has 63 heavy (non-hydrogen) atoms. The van der Waals surface area contributed by atoms with Crippen molar-refractivity contribution in [3.63, 3.8) is 0 Å². The van der Waals surface area contributed by atoms with Crippen molar-refractivity contribution in [2.24, 2.45) is 0 Å². The first-order valence-electron chi connectivity index (χ1n) is 27.3. The lowest BCUT2D eigenvalue weighted by Crippen LogP contribution is -2.39. The molecule has 0 saturated carbocycles. The first kappa shape index (κ1) is 59.0. The molecule has 1 rings (SSSR count). The largest absolute Gasteiger partial charge is 0.508 e. The van der Waals surface area contributed by atoms with Gasteiger partial charge in [-0.25, -0.2) is 4.79 Å². The summed E-state index contributed by atoms with van der Waals surface area (Å²) in [5.74, 6) is 0. The van der Waals surface area contributed by atoms with E-state index in [9.17, 15) is 19.5 Å². The smallest absolute Gasteiger partial charge is 0.434 e. The van der Waals surface area contributed by atoms with Crippen LogP contribution in [0.5, 0.6) is 0 Å². The number of unbranched alkanes of at least 4 members (excludes halogenated alkanes) is 23. The SMILES string of the molecule is CCCCCCCCCOC(=O)OC(CC)CCCCCN(CCCCCCCC(O)OC(CCCCCCCC)CCCCCCCC)CCCNc1c(CCCC)c(=O)c1=O. The lowest BCUT2D eigenvalue weighted by atomic mass is 10.0. The summed E-state index contributed by atoms with van der Waals surface area (Å²) in [4.78, 5) is 39.3. The summed E-state index contributed by atoms with van der Waals surface area (Å²) in [6.45, 7) is 15.1. The van der Waals surface area contributed by atoms with Gasteiger partial charge in [0.05, 0.1) is 18.4 Å². The van der Waals surface area contributed by atoms with Gasteiger partial charge in [0.25, 0.3) is 0 Å². The Labute approximate surface area is 388 Å². The van der Waals surface area contributed by atoms with Crippen molar-refractivity contribution >= 4 is 11.8 Å².